The van der Waals surface area contributed by atoms with Crippen LogP contribution in [0.15, 0.2) is 30.3 Å². The summed E-state index contributed by atoms with van der Waals surface area (Å²) in [6.07, 6.45) is 1.22. The molecule has 0 bridgehead atoms. The number of carbonyl (C=O) groups excluding carboxylic acids is 2. The van der Waals surface area contributed by atoms with Crippen LogP contribution in [0.5, 0.6) is 0 Å². The summed E-state index contributed by atoms with van der Waals surface area (Å²) in [5.41, 5.74) is 1.10. The zero-order chi connectivity index (χ0) is 13.7. The van der Waals surface area contributed by atoms with Gasteiger partial charge in [-0.05, 0) is 18.4 Å². The van der Waals surface area contributed by atoms with E-state index in [1.165, 1.54) is 4.90 Å². The van der Waals surface area contributed by atoms with Gasteiger partial charge in [-0.15, -0.1) is 0 Å². The molecule has 0 aliphatic carbocycles. The average molecular weight is 326 g/mol. The van der Waals surface area contributed by atoms with E-state index in [1.54, 1.807) is 0 Å². The molecule has 1 aromatic carbocycles. The van der Waals surface area contributed by atoms with Gasteiger partial charge in [-0.2, -0.15) is 0 Å². The van der Waals surface area contributed by atoms with Gasteiger partial charge in [0.2, 0.25) is 5.91 Å². The summed E-state index contributed by atoms with van der Waals surface area (Å²) in [5, 5.41) is 0.755. The number of halogens is 1. The van der Waals surface area contributed by atoms with Gasteiger partial charge >= 0.3 is 6.09 Å². The van der Waals surface area contributed by atoms with E-state index in [4.69, 9.17) is 4.74 Å². The molecule has 0 radical (unpaired) electrons. The Hall–Kier alpha value is -1.36. The van der Waals surface area contributed by atoms with Crippen molar-refractivity contribution in [1.82, 2.24) is 4.90 Å². The molecule has 2 amide bonds. The molecule has 1 aliphatic rings. The maximum atomic E-state index is 12.0. The van der Waals surface area contributed by atoms with Gasteiger partial charge in [0.15, 0.2) is 0 Å². The number of alkyl halides is 1. The predicted octanol–water partition coefficient (Wildman–Crippen LogP) is 2.75. The third kappa shape index (κ3) is 3.56. The van der Waals surface area contributed by atoms with Crippen LogP contribution in [0.3, 0.4) is 0 Å². The molecule has 1 saturated heterocycles. The molecule has 0 saturated carbocycles. The molecule has 1 aliphatic heterocycles. The minimum atomic E-state index is -0.513. The van der Waals surface area contributed by atoms with Crippen LogP contribution in [0, 0.1) is 0 Å². The topological polar surface area (TPSA) is 46.6 Å². The van der Waals surface area contributed by atoms with Gasteiger partial charge < -0.3 is 4.74 Å². The molecule has 1 unspecified atom stereocenters. The maximum absolute atomic E-state index is 12.0. The van der Waals surface area contributed by atoms with E-state index in [0.717, 1.165) is 17.3 Å². The molecule has 0 N–H and O–H groups in total. The highest BCUT2D eigenvalue weighted by molar-refractivity contribution is 9.09. The van der Waals surface area contributed by atoms with Crippen molar-refractivity contribution in [2.24, 2.45) is 0 Å². The van der Waals surface area contributed by atoms with E-state index in [0.29, 0.717) is 12.8 Å². The number of hydrogen-bond donors (Lipinski definition) is 0. The lowest BCUT2D eigenvalue weighted by Gasteiger charge is -2.19. The number of nitrogens with zero attached hydrogens (tertiary/aromatic N) is 1. The first kappa shape index (κ1) is 14.1. The standard InChI is InChI=1S/C14H16BrNO3/c15-8-4-7-13(17)16-12(10-19-14(16)18)9-11-5-2-1-3-6-11/h1-3,5-6,12H,4,7-10H2. The van der Waals surface area contributed by atoms with Crippen LogP contribution >= 0.6 is 15.9 Å². The van der Waals surface area contributed by atoms with Crippen molar-refractivity contribution in [3.05, 3.63) is 35.9 Å². The van der Waals surface area contributed by atoms with Crippen LogP contribution in [0.2, 0.25) is 0 Å². The largest absolute Gasteiger partial charge is 0.447 e. The third-order valence-corrected chi connectivity index (χ3v) is 3.63. The first-order valence-corrected chi connectivity index (χ1v) is 7.43. The Bertz CT molecular complexity index is 449. The van der Waals surface area contributed by atoms with Crippen molar-refractivity contribution in [3.63, 3.8) is 0 Å². The van der Waals surface area contributed by atoms with Gasteiger partial charge in [-0.1, -0.05) is 46.3 Å². The minimum absolute atomic E-state index is 0.150. The van der Waals surface area contributed by atoms with Crippen molar-refractivity contribution >= 4 is 27.9 Å². The molecule has 1 fully saturated rings. The quantitative estimate of drug-likeness (QED) is 0.782. The molecular weight excluding hydrogens is 310 g/mol. The summed E-state index contributed by atoms with van der Waals surface area (Å²) in [4.78, 5) is 24.9. The molecule has 4 nitrogen and oxygen atoms in total. The lowest BCUT2D eigenvalue weighted by atomic mass is 10.1. The summed E-state index contributed by atoms with van der Waals surface area (Å²) < 4.78 is 5.01. The van der Waals surface area contributed by atoms with E-state index >= 15 is 0 Å². The normalized spacial score (nSPS) is 18.5. The predicted molar refractivity (Wildman–Crippen MR) is 75.2 cm³/mol. The van der Waals surface area contributed by atoms with E-state index in [9.17, 15) is 9.59 Å². The second kappa shape index (κ2) is 6.70. The zero-order valence-electron chi connectivity index (χ0n) is 10.5. The number of hydrogen-bond acceptors (Lipinski definition) is 3. The van der Waals surface area contributed by atoms with Crippen molar-refractivity contribution in [2.75, 3.05) is 11.9 Å². The zero-order valence-corrected chi connectivity index (χ0v) is 12.1. The Balaban J connectivity index is 2.03. The number of carbonyl (C=O) groups is 2. The Labute approximate surface area is 120 Å². The van der Waals surface area contributed by atoms with Crippen molar-refractivity contribution in [2.45, 2.75) is 25.3 Å². The molecule has 0 aromatic heterocycles. The highest BCUT2D eigenvalue weighted by atomic mass is 79.9. The lowest BCUT2D eigenvalue weighted by molar-refractivity contribution is -0.129. The smallest absolute Gasteiger partial charge is 0.416 e. The molecular formula is C14H16BrNO3. The first-order chi connectivity index (χ1) is 9.22. The highest BCUT2D eigenvalue weighted by Gasteiger charge is 2.37. The Kier molecular flexibility index (Phi) is 4.96. The van der Waals surface area contributed by atoms with Gasteiger partial charge in [0.25, 0.3) is 0 Å². The fourth-order valence-corrected chi connectivity index (χ4v) is 2.42. The summed E-state index contributed by atoms with van der Waals surface area (Å²) >= 11 is 3.28. The van der Waals surface area contributed by atoms with Crippen LogP contribution in [0.1, 0.15) is 18.4 Å². The number of ether oxygens (including phenoxy) is 1. The van der Waals surface area contributed by atoms with E-state index < -0.39 is 6.09 Å². The van der Waals surface area contributed by atoms with E-state index in [2.05, 4.69) is 15.9 Å². The van der Waals surface area contributed by atoms with Gasteiger partial charge in [0.1, 0.15) is 6.61 Å². The summed E-state index contributed by atoms with van der Waals surface area (Å²) in [7, 11) is 0. The summed E-state index contributed by atoms with van der Waals surface area (Å²) in [6, 6.07) is 9.64. The fraction of sp³-hybridized carbons (Fsp3) is 0.429. The van der Waals surface area contributed by atoms with Crippen molar-refractivity contribution in [3.8, 4) is 0 Å². The lowest BCUT2D eigenvalue weighted by Crippen LogP contribution is -2.40. The van der Waals surface area contributed by atoms with Crippen LogP contribution in [0.4, 0.5) is 4.79 Å². The number of imide groups is 1. The number of cyclic esters (lactones) is 1. The van der Waals surface area contributed by atoms with Gasteiger partial charge in [-0.25, -0.2) is 9.69 Å². The van der Waals surface area contributed by atoms with E-state index in [1.807, 2.05) is 30.3 Å². The van der Waals surface area contributed by atoms with Crippen LogP contribution < -0.4 is 0 Å². The minimum Gasteiger partial charge on any atom is -0.447 e. The highest BCUT2D eigenvalue weighted by Crippen LogP contribution is 2.18. The molecule has 2 rings (SSSR count). The van der Waals surface area contributed by atoms with Crippen LogP contribution in [0.25, 0.3) is 0 Å². The molecule has 102 valence electrons. The fourth-order valence-electron chi connectivity index (χ4n) is 2.14. The summed E-state index contributed by atoms with van der Waals surface area (Å²) in [5.74, 6) is -0.150. The molecule has 1 heterocycles. The van der Waals surface area contributed by atoms with Gasteiger partial charge in [0, 0.05) is 11.8 Å². The second-order valence-corrected chi connectivity index (χ2v) is 5.27. The second-order valence-electron chi connectivity index (χ2n) is 4.48. The van der Waals surface area contributed by atoms with Crippen molar-refractivity contribution in [1.29, 1.82) is 0 Å². The van der Waals surface area contributed by atoms with E-state index in [-0.39, 0.29) is 18.6 Å². The molecule has 19 heavy (non-hydrogen) atoms. The molecule has 1 atom stereocenters. The SMILES string of the molecule is O=C(CCCBr)N1C(=O)OCC1Cc1ccccc1. The Morgan fingerprint density at radius 3 is 2.79 bits per heavy atom. The van der Waals surface area contributed by atoms with Crippen LogP contribution in [-0.2, 0) is 16.0 Å². The van der Waals surface area contributed by atoms with Crippen molar-refractivity contribution < 1.29 is 14.3 Å². The first-order valence-electron chi connectivity index (χ1n) is 6.31. The Morgan fingerprint density at radius 1 is 1.37 bits per heavy atom. The maximum Gasteiger partial charge on any atom is 0.416 e. The molecule has 5 heteroatoms. The summed E-state index contributed by atoms with van der Waals surface area (Å²) in [6.45, 7) is 0.285. The number of benzene rings is 1. The van der Waals surface area contributed by atoms with Crippen LogP contribution in [-0.4, -0.2) is 34.9 Å². The number of amides is 2. The van der Waals surface area contributed by atoms with Gasteiger partial charge in [0.05, 0.1) is 6.04 Å². The average Bonchev–Trinajstić information content (AvgIpc) is 2.78. The molecule has 0 spiro atoms. The monoisotopic (exact) mass is 325 g/mol. The molecule has 1 aromatic rings. The number of rotatable bonds is 5. The van der Waals surface area contributed by atoms with Gasteiger partial charge in [-0.3, -0.25) is 4.79 Å². The Morgan fingerprint density at radius 2 is 2.11 bits per heavy atom. The third-order valence-electron chi connectivity index (χ3n) is 3.07.